The summed E-state index contributed by atoms with van der Waals surface area (Å²) < 4.78 is 0. The Balaban J connectivity index is 0. The second kappa shape index (κ2) is 9.23. The number of hydrogen-bond donors (Lipinski definition) is 2. The van der Waals surface area contributed by atoms with E-state index in [1.807, 2.05) is 32.2 Å². The van der Waals surface area contributed by atoms with E-state index in [0.717, 1.165) is 17.5 Å². The molecule has 3 N–H and O–H groups in total. The molecule has 1 aromatic heterocycles. The van der Waals surface area contributed by atoms with Crippen LogP contribution in [0.4, 0.5) is 0 Å². The molecular formula is C14H22N2V. The molecule has 0 amide bonds. The summed E-state index contributed by atoms with van der Waals surface area (Å²) in [6.07, 6.45) is 2.93. The zero-order chi connectivity index (χ0) is 11.3. The molecule has 2 nitrogen and oxygen atoms in total. The number of hydrogen-bond acceptors (Lipinski definition) is 1. The molecule has 93 valence electrons. The van der Waals surface area contributed by atoms with Crippen molar-refractivity contribution in [2.24, 2.45) is 5.73 Å². The second-order valence-corrected chi connectivity index (χ2v) is 3.19. The van der Waals surface area contributed by atoms with Crippen LogP contribution in [0, 0.1) is 14.4 Å². The standard InChI is InChI=1S/C11H13N2.C2H6.CH3.V/c1-8-3-2-4-10-11(8)9(5-6-12)7-13-10;1-2;;/h2-4,7,13H,1,5-6,12H2;1-2H3;1H3;/q-1;;-1;+2. The Kier molecular flexibility index (Phi) is 10.1. The number of H-pyrrole nitrogens is 1. The van der Waals surface area contributed by atoms with E-state index in [1.165, 1.54) is 10.9 Å². The molecule has 0 aliphatic rings. The molecule has 0 unspecified atom stereocenters. The normalized spacial score (nSPS) is 8.65. The van der Waals surface area contributed by atoms with Crippen molar-refractivity contribution in [3.05, 3.63) is 49.9 Å². The first-order chi connectivity index (χ1) is 7.33. The molecule has 0 aliphatic carbocycles. The summed E-state index contributed by atoms with van der Waals surface area (Å²) in [7, 11) is 0. The van der Waals surface area contributed by atoms with Crippen LogP contribution in [-0.2, 0) is 25.0 Å². The Labute approximate surface area is 117 Å². The predicted molar refractivity (Wildman–Crippen MR) is 73.3 cm³/mol. The minimum absolute atomic E-state index is 0. The van der Waals surface area contributed by atoms with Crippen LogP contribution in [0.1, 0.15) is 25.0 Å². The fraction of sp³-hybridized carbons (Fsp3) is 0.286. The molecule has 0 bridgehead atoms. The molecule has 0 saturated carbocycles. The minimum Gasteiger partial charge on any atom is -0.372 e. The Morgan fingerprint density at radius 1 is 1.29 bits per heavy atom. The third kappa shape index (κ3) is 4.16. The van der Waals surface area contributed by atoms with Gasteiger partial charge in [0.1, 0.15) is 0 Å². The summed E-state index contributed by atoms with van der Waals surface area (Å²) in [6, 6.07) is 6.09. The largest absolute Gasteiger partial charge is 2.00 e. The topological polar surface area (TPSA) is 41.8 Å². The average molecular weight is 269 g/mol. The molecule has 0 fully saturated rings. The molecule has 1 heterocycles. The van der Waals surface area contributed by atoms with Crippen LogP contribution >= 0.6 is 0 Å². The van der Waals surface area contributed by atoms with Crippen LogP contribution in [0.3, 0.4) is 0 Å². The number of fused-ring (bicyclic) bond motifs is 1. The average Bonchev–Trinajstić information content (AvgIpc) is 2.67. The van der Waals surface area contributed by atoms with Gasteiger partial charge in [-0.2, -0.15) is 18.6 Å². The zero-order valence-corrected chi connectivity index (χ0v) is 12.4. The van der Waals surface area contributed by atoms with E-state index in [1.54, 1.807) is 0 Å². The molecular weight excluding hydrogens is 247 g/mol. The van der Waals surface area contributed by atoms with Crippen molar-refractivity contribution in [1.82, 2.24) is 4.98 Å². The monoisotopic (exact) mass is 269 g/mol. The molecule has 0 aliphatic heterocycles. The molecule has 0 atom stereocenters. The summed E-state index contributed by atoms with van der Waals surface area (Å²) in [5, 5.41) is 1.23. The molecule has 2 aromatic rings. The molecule has 0 spiro atoms. The van der Waals surface area contributed by atoms with Gasteiger partial charge in [0.25, 0.3) is 0 Å². The van der Waals surface area contributed by atoms with Crippen molar-refractivity contribution in [2.45, 2.75) is 20.3 Å². The van der Waals surface area contributed by atoms with Gasteiger partial charge in [-0.15, -0.1) is 6.07 Å². The molecule has 2 rings (SSSR count). The van der Waals surface area contributed by atoms with Crippen molar-refractivity contribution in [2.75, 3.05) is 6.54 Å². The van der Waals surface area contributed by atoms with Gasteiger partial charge in [0.05, 0.1) is 0 Å². The van der Waals surface area contributed by atoms with E-state index in [2.05, 4.69) is 18.0 Å². The molecule has 1 radical (unpaired) electrons. The van der Waals surface area contributed by atoms with E-state index < -0.39 is 0 Å². The van der Waals surface area contributed by atoms with Crippen molar-refractivity contribution >= 4 is 10.9 Å². The Bertz CT molecular complexity index is 421. The van der Waals surface area contributed by atoms with Crippen molar-refractivity contribution < 1.29 is 18.6 Å². The van der Waals surface area contributed by atoms with Crippen molar-refractivity contribution in [3.8, 4) is 0 Å². The number of aromatic amines is 1. The maximum absolute atomic E-state index is 5.53. The van der Waals surface area contributed by atoms with Crippen LogP contribution < -0.4 is 5.73 Å². The van der Waals surface area contributed by atoms with Crippen LogP contribution in [0.15, 0.2) is 24.4 Å². The number of nitrogens with one attached hydrogen (secondary N) is 1. The zero-order valence-electron chi connectivity index (χ0n) is 11.0. The molecule has 3 heteroatoms. The van der Waals surface area contributed by atoms with Gasteiger partial charge in [-0.25, -0.2) is 0 Å². The minimum atomic E-state index is 0. The first kappa shape index (κ1) is 18.5. The van der Waals surface area contributed by atoms with E-state index in [-0.39, 0.29) is 26.0 Å². The first-order valence-electron chi connectivity index (χ1n) is 5.44. The quantitative estimate of drug-likeness (QED) is 0.807. The Morgan fingerprint density at radius 3 is 2.53 bits per heavy atom. The summed E-state index contributed by atoms with van der Waals surface area (Å²) in [5.41, 5.74) is 9.01. The fourth-order valence-corrected chi connectivity index (χ4v) is 1.69. The van der Waals surface area contributed by atoms with E-state index in [9.17, 15) is 0 Å². The fourth-order valence-electron chi connectivity index (χ4n) is 1.69. The summed E-state index contributed by atoms with van der Waals surface area (Å²) in [5.74, 6) is 0. The van der Waals surface area contributed by atoms with Gasteiger partial charge in [0.15, 0.2) is 0 Å². The third-order valence-corrected chi connectivity index (χ3v) is 2.29. The van der Waals surface area contributed by atoms with E-state index in [0.29, 0.717) is 6.54 Å². The van der Waals surface area contributed by atoms with Gasteiger partial charge in [-0.05, 0) is 24.7 Å². The van der Waals surface area contributed by atoms with Crippen molar-refractivity contribution in [3.63, 3.8) is 0 Å². The molecule has 17 heavy (non-hydrogen) atoms. The first-order valence-corrected chi connectivity index (χ1v) is 5.44. The smallest absolute Gasteiger partial charge is 0.372 e. The Hall–Kier alpha value is -0.826. The number of nitrogens with two attached hydrogens (primary N) is 1. The van der Waals surface area contributed by atoms with Gasteiger partial charge >= 0.3 is 18.6 Å². The van der Waals surface area contributed by atoms with Gasteiger partial charge in [0.2, 0.25) is 0 Å². The number of benzene rings is 1. The van der Waals surface area contributed by atoms with E-state index in [4.69, 9.17) is 5.73 Å². The predicted octanol–water partition coefficient (Wildman–Crippen LogP) is 3.33. The third-order valence-electron chi connectivity index (χ3n) is 2.29. The maximum Gasteiger partial charge on any atom is 2.00 e. The van der Waals surface area contributed by atoms with Crippen LogP contribution in [-0.4, -0.2) is 11.5 Å². The number of aromatic nitrogens is 1. The van der Waals surface area contributed by atoms with Crippen LogP contribution in [0.5, 0.6) is 0 Å². The summed E-state index contributed by atoms with van der Waals surface area (Å²) in [4.78, 5) is 3.22. The number of rotatable bonds is 2. The van der Waals surface area contributed by atoms with Gasteiger partial charge < -0.3 is 18.1 Å². The van der Waals surface area contributed by atoms with Gasteiger partial charge in [-0.3, -0.25) is 0 Å². The molecule has 1 aromatic carbocycles. The summed E-state index contributed by atoms with van der Waals surface area (Å²) in [6.45, 7) is 8.68. The van der Waals surface area contributed by atoms with Gasteiger partial charge in [0, 0.05) is 0 Å². The SMILES string of the molecule is CC.[CH2-]c1cccc2[nH]cc(CCN)c12.[CH3-].[V+2]. The second-order valence-electron chi connectivity index (χ2n) is 3.19. The van der Waals surface area contributed by atoms with E-state index >= 15 is 0 Å². The van der Waals surface area contributed by atoms with Crippen molar-refractivity contribution in [1.29, 1.82) is 0 Å². The maximum atomic E-state index is 5.53. The van der Waals surface area contributed by atoms with Gasteiger partial charge in [-0.1, -0.05) is 30.9 Å². The van der Waals surface area contributed by atoms with Crippen LogP contribution in [0.25, 0.3) is 10.9 Å². The Morgan fingerprint density at radius 2 is 1.94 bits per heavy atom. The molecule has 0 saturated heterocycles. The van der Waals surface area contributed by atoms with Crippen LogP contribution in [0.2, 0.25) is 0 Å². The summed E-state index contributed by atoms with van der Waals surface area (Å²) >= 11 is 0.